The average Bonchev–Trinajstić information content (AvgIpc) is 3.03. The van der Waals surface area contributed by atoms with Gasteiger partial charge in [-0.3, -0.25) is 9.59 Å². The number of hydrogen-bond donors (Lipinski definition) is 0. The number of carbonyl (C=O) groups excluding carboxylic acids is 2. The van der Waals surface area contributed by atoms with Gasteiger partial charge >= 0.3 is 0 Å². The Hall–Kier alpha value is -1.92. The van der Waals surface area contributed by atoms with E-state index in [2.05, 4.69) is 10.1 Å². The zero-order valence-electron chi connectivity index (χ0n) is 12.2. The van der Waals surface area contributed by atoms with E-state index in [-0.39, 0.29) is 23.9 Å². The smallest absolute Gasteiger partial charge is 0.246 e. The third kappa shape index (κ3) is 2.52. The molecule has 0 radical (unpaired) electrons. The molecule has 2 atom stereocenters. The van der Waals surface area contributed by atoms with Crippen molar-refractivity contribution < 1.29 is 14.1 Å². The Morgan fingerprint density at radius 1 is 1.33 bits per heavy atom. The maximum atomic E-state index is 12.7. The fourth-order valence-corrected chi connectivity index (χ4v) is 3.31. The molecule has 2 aliphatic rings. The summed E-state index contributed by atoms with van der Waals surface area (Å²) in [6.45, 7) is 3.11. The van der Waals surface area contributed by atoms with Crippen LogP contribution in [0, 0.1) is 0 Å². The van der Waals surface area contributed by atoms with E-state index in [1.807, 2.05) is 6.92 Å². The molecule has 0 aliphatic carbocycles. The standard InChI is InChI=1S/C14H20N4O3/c1-2-10-13(19)17-7-4-3-5-11(17)14(20)18(10)8-6-12-15-9-16-21-12/h9-11H,2-8H2,1H3. The Balaban J connectivity index is 1.76. The van der Waals surface area contributed by atoms with E-state index in [4.69, 9.17) is 4.52 Å². The molecular formula is C14H20N4O3. The van der Waals surface area contributed by atoms with E-state index in [1.165, 1.54) is 6.33 Å². The van der Waals surface area contributed by atoms with Gasteiger partial charge in [0.2, 0.25) is 17.7 Å². The van der Waals surface area contributed by atoms with Gasteiger partial charge in [-0.15, -0.1) is 0 Å². The molecule has 3 heterocycles. The first-order valence-electron chi connectivity index (χ1n) is 7.59. The molecule has 3 rings (SSSR count). The summed E-state index contributed by atoms with van der Waals surface area (Å²) in [5, 5.41) is 3.56. The van der Waals surface area contributed by atoms with E-state index >= 15 is 0 Å². The van der Waals surface area contributed by atoms with Gasteiger partial charge in [0.25, 0.3) is 0 Å². The topological polar surface area (TPSA) is 79.5 Å². The minimum atomic E-state index is -0.352. The molecule has 0 spiro atoms. The monoisotopic (exact) mass is 292 g/mol. The molecule has 0 aromatic carbocycles. The molecule has 2 unspecified atom stereocenters. The normalized spacial score (nSPS) is 26.1. The lowest BCUT2D eigenvalue weighted by Crippen LogP contribution is -2.65. The first kappa shape index (κ1) is 14.0. The van der Waals surface area contributed by atoms with Gasteiger partial charge in [-0.25, -0.2) is 0 Å². The molecular weight excluding hydrogens is 272 g/mol. The lowest BCUT2D eigenvalue weighted by molar-refractivity contribution is -0.163. The SMILES string of the molecule is CCC1C(=O)N2CCCCC2C(=O)N1CCc1ncno1. The van der Waals surface area contributed by atoms with Crippen molar-refractivity contribution in [2.45, 2.75) is 51.1 Å². The quantitative estimate of drug-likeness (QED) is 0.812. The molecule has 2 amide bonds. The van der Waals surface area contributed by atoms with Crippen molar-refractivity contribution in [3.8, 4) is 0 Å². The number of piperidine rings is 1. The third-order valence-corrected chi connectivity index (χ3v) is 4.38. The van der Waals surface area contributed by atoms with Crippen molar-refractivity contribution in [2.24, 2.45) is 0 Å². The highest BCUT2D eigenvalue weighted by molar-refractivity contribution is 5.97. The average molecular weight is 292 g/mol. The maximum absolute atomic E-state index is 12.7. The van der Waals surface area contributed by atoms with Crippen LogP contribution in [-0.4, -0.2) is 56.9 Å². The van der Waals surface area contributed by atoms with Crippen molar-refractivity contribution in [2.75, 3.05) is 13.1 Å². The summed E-state index contributed by atoms with van der Waals surface area (Å²) in [4.78, 5) is 32.7. The Bertz CT molecular complexity index is 516. The first-order chi connectivity index (χ1) is 10.2. The maximum Gasteiger partial charge on any atom is 0.246 e. The van der Waals surface area contributed by atoms with Gasteiger partial charge in [0.1, 0.15) is 12.1 Å². The summed E-state index contributed by atoms with van der Waals surface area (Å²) in [5.74, 6) is 0.657. The summed E-state index contributed by atoms with van der Waals surface area (Å²) in [7, 11) is 0. The van der Waals surface area contributed by atoms with Crippen molar-refractivity contribution >= 4 is 11.8 Å². The zero-order valence-corrected chi connectivity index (χ0v) is 12.2. The van der Waals surface area contributed by atoms with Gasteiger partial charge in [0.05, 0.1) is 0 Å². The highest BCUT2D eigenvalue weighted by atomic mass is 16.5. The zero-order chi connectivity index (χ0) is 14.8. The fourth-order valence-electron chi connectivity index (χ4n) is 3.31. The number of rotatable bonds is 4. The Kier molecular flexibility index (Phi) is 3.90. The predicted octanol–water partition coefficient (Wildman–Crippen LogP) is 0.614. The molecule has 0 bridgehead atoms. The van der Waals surface area contributed by atoms with E-state index in [1.54, 1.807) is 9.80 Å². The molecule has 2 aliphatic heterocycles. The molecule has 0 saturated carbocycles. The first-order valence-corrected chi connectivity index (χ1v) is 7.59. The number of piperazine rings is 1. The Labute approximate surface area is 123 Å². The van der Waals surface area contributed by atoms with E-state index in [9.17, 15) is 9.59 Å². The van der Waals surface area contributed by atoms with Crippen LogP contribution in [0.5, 0.6) is 0 Å². The predicted molar refractivity (Wildman–Crippen MR) is 73.1 cm³/mol. The van der Waals surface area contributed by atoms with Gasteiger partial charge in [0, 0.05) is 19.5 Å². The number of aromatic nitrogens is 2. The van der Waals surface area contributed by atoms with E-state index in [0.29, 0.717) is 31.8 Å². The van der Waals surface area contributed by atoms with Crippen molar-refractivity contribution in [1.29, 1.82) is 0 Å². The van der Waals surface area contributed by atoms with Crippen LogP contribution in [0.15, 0.2) is 10.9 Å². The molecule has 1 aromatic heterocycles. The molecule has 1 aromatic rings. The molecule has 7 nitrogen and oxygen atoms in total. The summed E-state index contributed by atoms with van der Waals surface area (Å²) >= 11 is 0. The van der Waals surface area contributed by atoms with Crippen molar-refractivity contribution in [3.05, 3.63) is 12.2 Å². The van der Waals surface area contributed by atoms with Crippen LogP contribution >= 0.6 is 0 Å². The molecule has 2 fully saturated rings. The highest BCUT2D eigenvalue weighted by Gasteiger charge is 2.45. The van der Waals surface area contributed by atoms with Crippen molar-refractivity contribution in [3.63, 3.8) is 0 Å². The largest absolute Gasteiger partial charge is 0.340 e. The second kappa shape index (κ2) is 5.83. The minimum absolute atomic E-state index is 0.0701. The van der Waals surface area contributed by atoms with Gasteiger partial charge in [-0.05, 0) is 25.7 Å². The third-order valence-electron chi connectivity index (χ3n) is 4.38. The Morgan fingerprint density at radius 2 is 2.19 bits per heavy atom. The summed E-state index contributed by atoms with van der Waals surface area (Å²) in [6, 6.07) is -0.619. The lowest BCUT2D eigenvalue weighted by atomic mass is 9.94. The van der Waals surface area contributed by atoms with E-state index < -0.39 is 0 Å². The number of nitrogens with zero attached hydrogens (tertiary/aromatic N) is 4. The number of amides is 2. The van der Waals surface area contributed by atoms with Gasteiger partial charge in [-0.2, -0.15) is 4.98 Å². The van der Waals surface area contributed by atoms with Crippen LogP contribution in [0.3, 0.4) is 0 Å². The summed E-state index contributed by atoms with van der Waals surface area (Å²) in [6.07, 6.45) is 5.25. The number of hydrogen-bond acceptors (Lipinski definition) is 5. The Morgan fingerprint density at radius 3 is 2.90 bits per heavy atom. The molecule has 7 heteroatoms. The summed E-state index contributed by atoms with van der Waals surface area (Å²) < 4.78 is 4.97. The second-order valence-electron chi connectivity index (χ2n) is 5.58. The number of carbonyl (C=O) groups is 2. The van der Waals surface area contributed by atoms with Crippen LogP contribution in [0.4, 0.5) is 0 Å². The molecule has 2 saturated heterocycles. The molecule has 21 heavy (non-hydrogen) atoms. The van der Waals surface area contributed by atoms with Crippen LogP contribution < -0.4 is 0 Å². The number of fused-ring (bicyclic) bond motifs is 1. The minimum Gasteiger partial charge on any atom is -0.340 e. The van der Waals surface area contributed by atoms with Crippen LogP contribution in [0.1, 0.15) is 38.5 Å². The van der Waals surface area contributed by atoms with Gasteiger partial charge < -0.3 is 14.3 Å². The van der Waals surface area contributed by atoms with Crippen LogP contribution in [-0.2, 0) is 16.0 Å². The van der Waals surface area contributed by atoms with E-state index in [0.717, 1.165) is 19.3 Å². The summed E-state index contributed by atoms with van der Waals surface area (Å²) in [5.41, 5.74) is 0. The fraction of sp³-hybridized carbons (Fsp3) is 0.714. The molecule has 0 N–H and O–H groups in total. The van der Waals surface area contributed by atoms with Crippen LogP contribution in [0.25, 0.3) is 0 Å². The van der Waals surface area contributed by atoms with Gasteiger partial charge in [-0.1, -0.05) is 12.1 Å². The van der Waals surface area contributed by atoms with Crippen molar-refractivity contribution in [1.82, 2.24) is 19.9 Å². The highest BCUT2D eigenvalue weighted by Crippen LogP contribution is 2.27. The lowest BCUT2D eigenvalue weighted by Gasteiger charge is -2.46. The second-order valence-corrected chi connectivity index (χ2v) is 5.58. The van der Waals surface area contributed by atoms with Crippen LogP contribution in [0.2, 0.25) is 0 Å². The van der Waals surface area contributed by atoms with Gasteiger partial charge in [0.15, 0.2) is 6.33 Å². The molecule has 114 valence electrons.